The van der Waals surface area contributed by atoms with Crippen molar-refractivity contribution in [3.05, 3.63) is 35.4 Å². The van der Waals surface area contributed by atoms with Gasteiger partial charge in [-0.15, -0.1) is 0 Å². The maximum atomic E-state index is 12.6. The van der Waals surface area contributed by atoms with Crippen LogP contribution in [0.1, 0.15) is 35.2 Å². The van der Waals surface area contributed by atoms with Gasteiger partial charge in [-0.1, -0.05) is 11.6 Å². The molecule has 2 aromatic heterocycles. The lowest BCUT2D eigenvalue weighted by atomic mass is 10.1. The zero-order valence-corrected chi connectivity index (χ0v) is 12.4. The highest BCUT2D eigenvalue weighted by atomic mass is 35.5. The molecule has 0 N–H and O–H groups in total. The van der Waals surface area contributed by atoms with E-state index in [1.807, 2.05) is 0 Å². The Kier molecular flexibility index (Phi) is 3.83. The van der Waals surface area contributed by atoms with Crippen molar-refractivity contribution in [2.24, 2.45) is 0 Å². The molecule has 1 amide bonds. The van der Waals surface area contributed by atoms with Gasteiger partial charge < -0.3 is 4.90 Å². The third-order valence-electron chi connectivity index (χ3n) is 3.56. The Bertz CT molecular complexity index is 644. The molecule has 0 radical (unpaired) electrons. The van der Waals surface area contributed by atoms with Crippen LogP contribution in [0.25, 0.3) is 0 Å². The summed E-state index contributed by atoms with van der Waals surface area (Å²) in [6.45, 7) is 3.02. The van der Waals surface area contributed by atoms with Crippen LogP contribution in [-0.4, -0.2) is 48.6 Å². The number of nitrogens with zero attached hydrogens (tertiary/aromatic N) is 6. The van der Waals surface area contributed by atoms with Crippen molar-refractivity contribution < 1.29 is 4.79 Å². The topological polar surface area (TPSA) is 76.8 Å². The van der Waals surface area contributed by atoms with Crippen LogP contribution in [0.15, 0.2) is 18.9 Å². The number of aryl methyl sites for hydroxylation is 1. The van der Waals surface area contributed by atoms with Gasteiger partial charge in [0.15, 0.2) is 5.69 Å². The molecule has 21 heavy (non-hydrogen) atoms. The summed E-state index contributed by atoms with van der Waals surface area (Å²) in [6, 6.07) is 0.145. The number of hydrogen-bond acceptors (Lipinski definition) is 5. The monoisotopic (exact) mass is 306 g/mol. The first-order chi connectivity index (χ1) is 10.1. The van der Waals surface area contributed by atoms with E-state index in [0.29, 0.717) is 18.9 Å². The minimum atomic E-state index is -0.157. The molecule has 0 aromatic carbocycles. The summed E-state index contributed by atoms with van der Waals surface area (Å²) < 4.78 is 1.80. The van der Waals surface area contributed by atoms with Crippen LogP contribution in [0.2, 0.25) is 5.02 Å². The average molecular weight is 307 g/mol. The van der Waals surface area contributed by atoms with Gasteiger partial charge >= 0.3 is 0 Å². The van der Waals surface area contributed by atoms with Crippen LogP contribution in [0.4, 0.5) is 0 Å². The van der Waals surface area contributed by atoms with Crippen molar-refractivity contribution in [3.8, 4) is 0 Å². The van der Waals surface area contributed by atoms with E-state index in [-0.39, 0.29) is 22.7 Å². The van der Waals surface area contributed by atoms with Crippen molar-refractivity contribution in [1.29, 1.82) is 0 Å². The molecule has 1 saturated heterocycles. The second-order valence-corrected chi connectivity index (χ2v) is 5.44. The predicted octanol–water partition coefficient (Wildman–Crippen LogP) is 1.51. The highest BCUT2D eigenvalue weighted by Gasteiger charge is 2.27. The molecular formula is C13H15ClN6O. The lowest BCUT2D eigenvalue weighted by Gasteiger charge is -2.32. The molecule has 1 unspecified atom stereocenters. The number of halogens is 1. The zero-order chi connectivity index (χ0) is 14.8. The molecule has 1 fully saturated rings. The normalized spacial score (nSPS) is 18.8. The predicted molar refractivity (Wildman–Crippen MR) is 76.0 cm³/mol. The fraction of sp³-hybridized carbons (Fsp3) is 0.462. The van der Waals surface area contributed by atoms with E-state index in [0.717, 1.165) is 12.8 Å². The number of aromatic nitrogens is 5. The Labute approximate surface area is 127 Å². The molecule has 0 bridgehead atoms. The highest BCUT2D eigenvalue weighted by molar-refractivity contribution is 6.33. The first-order valence-electron chi connectivity index (χ1n) is 6.77. The molecular weight excluding hydrogens is 292 g/mol. The summed E-state index contributed by atoms with van der Waals surface area (Å²) in [5.74, 6) is 0.378. The minimum absolute atomic E-state index is 0.145. The molecule has 1 aliphatic heterocycles. The second-order valence-electron chi connectivity index (χ2n) is 5.04. The summed E-state index contributed by atoms with van der Waals surface area (Å²) >= 11 is 6.05. The smallest absolute Gasteiger partial charge is 0.274 e. The minimum Gasteiger partial charge on any atom is -0.335 e. The number of carbonyl (C=O) groups is 1. The van der Waals surface area contributed by atoms with Crippen molar-refractivity contribution >= 4 is 17.5 Å². The van der Waals surface area contributed by atoms with E-state index in [1.54, 1.807) is 22.8 Å². The van der Waals surface area contributed by atoms with Crippen molar-refractivity contribution in [2.75, 3.05) is 13.1 Å². The van der Waals surface area contributed by atoms with Gasteiger partial charge in [0.25, 0.3) is 5.91 Å². The second kappa shape index (κ2) is 5.77. The van der Waals surface area contributed by atoms with Crippen LogP contribution < -0.4 is 0 Å². The molecule has 0 aliphatic carbocycles. The largest absolute Gasteiger partial charge is 0.335 e. The van der Waals surface area contributed by atoms with E-state index in [4.69, 9.17) is 11.6 Å². The quantitative estimate of drug-likeness (QED) is 0.840. The van der Waals surface area contributed by atoms with Gasteiger partial charge in [0.1, 0.15) is 18.5 Å². The maximum Gasteiger partial charge on any atom is 0.274 e. The average Bonchev–Trinajstić information content (AvgIpc) is 3.03. The maximum absolute atomic E-state index is 12.6. The molecule has 3 rings (SSSR count). The van der Waals surface area contributed by atoms with Gasteiger partial charge in [0.05, 0.1) is 17.3 Å². The lowest BCUT2D eigenvalue weighted by molar-refractivity contribution is 0.0666. The third-order valence-corrected chi connectivity index (χ3v) is 3.84. The zero-order valence-electron chi connectivity index (χ0n) is 11.6. The van der Waals surface area contributed by atoms with Gasteiger partial charge in [-0.05, 0) is 19.8 Å². The van der Waals surface area contributed by atoms with E-state index in [9.17, 15) is 4.79 Å². The first kappa shape index (κ1) is 13.9. The Morgan fingerprint density at radius 3 is 3.10 bits per heavy atom. The Morgan fingerprint density at radius 1 is 1.48 bits per heavy atom. The molecule has 1 aliphatic rings. The fourth-order valence-corrected chi connectivity index (χ4v) is 2.69. The number of carbonyl (C=O) groups excluding carboxylic acids is 1. The summed E-state index contributed by atoms with van der Waals surface area (Å²) in [7, 11) is 0. The number of likely N-dealkylation sites (tertiary alicyclic amines) is 1. The van der Waals surface area contributed by atoms with Gasteiger partial charge in [0.2, 0.25) is 0 Å². The molecule has 0 spiro atoms. The molecule has 110 valence electrons. The Morgan fingerprint density at radius 2 is 2.33 bits per heavy atom. The van der Waals surface area contributed by atoms with Crippen molar-refractivity contribution in [2.45, 2.75) is 25.8 Å². The molecule has 8 heteroatoms. The van der Waals surface area contributed by atoms with E-state index < -0.39 is 0 Å². The van der Waals surface area contributed by atoms with Crippen LogP contribution >= 0.6 is 11.6 Å². The summed E-state index contributed by atoms with van der Waals surface area (Å²) in [5, 5.41) is 4.44. The number of amides is 1. The Balaban J connectivity index is 1.79. The number of hydrogen-bond donors (Lipinski definition) is 0. The van der Waals surface area contributed by atoms with E-state index >= 15 is 0 Å². The van der Waals surface area contributed by atoms with Gasteiger partial charge in [-0.2, -0.15) is 5.10 Å². The summed E-state index contributed by atoms with van der Waals surface area (Å²) in [6.07, 6.45) is 6.55. The molecule has 2 aromatic rings. The first-order valence-corrected chi connectivity index (χ1v) is 7.15. The fourth-order valence-electron chi connectivity index (χ4n) is 2.52. The molecule has 0 saturated carbocycles. The molecule has 1 atom stereocenters. The summed E-state index contributed by atoms with van der Waals surface area (Å²) in [4.78, 5) is 26.5. The highest BCUT2D eigenvalue weighted by Crippen LogP contribution is 2.23. The SMILES string of the molecule is Cc1ncc(Cl)c(C(=O)N2CCCC(n3cncn3)C2)n1. The van der Waals surface area contributed by atoms with Crippen LogP contribution in [0.5, 0.6) is 0 Å². The lowest BCUT2D eigenvalue weighted by Crippen LogP contribution is -2.41. The summed E-state index contributed by atoms with van der Waals surface area (Å²) in [5.41, 5.74) is 0.267. The Hall–Kier alpha value is -2.02. The van der Waals surface area contributed by atoms with Crippen molar-refractivity contribution in [1.82, 2.24) is 29.6 Å². The van der Waals surface area contributed by atoms with Gasteiger partial charge in [-0.3, -0.25) is 4.79 Å². The van der Waals surface area contributed by atoms with Gasteiger partial charge in [-0.25, -0.2) is 19.6 Å². The third kappa shape index (κ3) is 2.87. The van der Waals surface area contributed by atoms with Crippen LogP contribution in [-0.2, 0) is 0 Å². The molecule has 3 heterocycles. The van der Waals surface area contributed by atoms with Gasteiger partial charge in [0, 0.05) is 13.1 Å². The molecule has 7 nitrogen and oxygen atoms in total. The van der Waals surface area contributed by atoms with Crippen molar-refractivity contribution in [3.63, 3.8) is 0 Å². The van der Waals surface area contributed by atoms with E-state index in [1.165, 1.54) is 12.5 Å². The number of rotatable bonds is 2. The standard InChI is InChI=1S/C13H15ClN6O/c1-9-16-5-11(14)12(18-9)13(21)19-4-2-3-10(6-19)20-8-15-7-17-20/h5,7-8,10H,2-4,6H2,1H3. The van der Waals surface area contributed by atoms with E-state index in [2.05, 4.69) is 20.1 Å². The van der Waals surface area contributed by atoms with Crippen LogP contribution in [0, 0.1) is 6.92 Å². The van der Waals surface area contributed by atoms with Crippen LogP contribution in [0.3, 0.4) is 0 Å². The number of piperidine rings is 1.